The number of aliphatic hydroxyl groups is 2. The van der Waals surface area contributed by atoms with Gasteiger partial charge in [-0.15, -0.1) is 0 Å². The summed E-state index contributed by atoms with van der Waals surface area (Å²) < 4.78 is 27.8. The normalized spacial score (nSPS) is 47.4. The number of fused-ring (bicyclic) bond motifs is 1. The fraction of sp³-hybridized carbons (Fsp3) is 1.00. The molecule has 3 aliphatic heterocycles. The molecule has 3 heterocycles. The molecule has 3 fully saturated rings. The predicted octanol–water partition coefficient (Wildman–Crippen LogP) is -0.264. The van der Waals surface area contributed by atoms with Crippen LogP contribution in [0.5, 0.6) is 0 Å². The van der Waals surface area contributed by atoms with Crippen LogP contribution in [-0.4, -0.2) is 65.2 Å². The third-order valence-electron chi connectivity index (χ3n) is 3.81. The van der Waals surface area contributed by atoms with Gasteiger partial charge < -0.3 is 33.9 Å². The van der Waals surface area contributed by atoms with Crippen molar-refractivity contribution >= 4 is 0 Å². The molecule has 116 valence electrons. The van der Waals surface area contributed by atoms with Crippen molar-refractivity contribution in [2.45, 2.75) is 76.1 Å². The first kappa shape index (κ1) is 14.6. The summed E-state index contributed by atoms with van der Waals surface area (Å²) in [6, 6.07) is 0. The molecule has 3 rings (SSSR count). The van der Waals surface area contributed by atoms with Crippen molar-refractivity contribution in [1.82, 2.24) is 0 Å². The van der Waals surface area contributed by atoms with Crippen molar-refractivity contribution in [3.05, 3.63) is 0 Å². The Kier molecular flexibility index (Phi) is 3.37. The number of aliphatic hydroxyl groups excluding tert-OH is 2. The molecule has 0 radical (unpaired) electrons. The first-order chi connectivity index (χ1) is 9.19. The third-order valence-corrected chi connectivity index (χ3v) is 3.81. The highest BCUT2D eigenvalue weighted by Crippen LogP contribution is 2.40. The maximum Gasteiger partial charge on any atom is 0.184 e. The first-order valence-corrected chi connectivity index (χ1v) is 6.87. The van der Waals surface area contributed by atoms with Crippen LogP contribution in [0, 0.1) is 0 Å². The van der Waals surface area contributed by atoms with Crippen LogP contribution < -0.4 is 0 Å². The van der Waals surface area contributed by atoms with E-state index in [1.807, 2.05) is 0 Å². The molecule has 0 aromatic rings. The molecular formula is C13H22O7. The minimum Gasteiger partial charge on any atom is -0.387 e. The molecule has 7 heteroatoms. The van der Waals surface area contributed by atoms with E-state index in [0.29, 0.717) is 0 Å². The van der Waals surface area contributed by atoms with Crippen molar-refractivity contribution in [2.75, 3.05) is 6.61 Å². The van der Waals surface area contributed by atoms with E-state index < -0.39 is 48.4 Å². The summed E-state index contributed by atoms with van der Waals surface area (Å²) >= 11 is 0. The highest BCUT2D eigenvalue weighted by Gasteiger charge is 2.58. The molecule has 0 amide bonds. The van der Waals surface area contributed by atoms with Gasteiger partial charge in [0.1, 0.15) is 30.5 Å². The van der Waals surface area contributed by atoms with Gasteiger partial charge in [0.25, 0.3) is 0 Å². The maximum atomic E-state index is 10.4. The van der Waals surface area contributed by atoms with Gasteiger partial charge in [-0.05, 0) is 27.7 Å². The summed E-state index contributed by atoms with van der Waals surface area (Å²) in [4.78, 5) is 0. The quantitative estimate of drug-likeness (QED) is 0.724. The van der Waals surface area contributed by atoms with Crippen molar-refractivity contribution in [2.24, 2.45) is 0 Å². The van der Waals surface area contributed by atoms with E-state index in [1.54, 1.807) is 27.7 Å². The minimum atomic E-state index is -1.11. The van der Waals surface area contributed by atoms with Crippen LogP contribution in [0.1, 0.15) is 27.7 Å². The van der Waals surface area contributed by atoms with E-state index in [0.717, 1.165) is 0 Å². The molecule has 0 aliphatic carbocycles. The van der Waals surface area contributed by atoms with Crippen molar-refractivity contribution < 1.29 is 33.9 Å². The second kappa shape index (κ2) is 4.61. The average molecular weight is 290 g/mol. The fourth-order valence-corrected chi connectivity index (χ4v) is 2.98. The van der Waals surface area contributed by atoms with Gasteiger partial charge in [-0.2, -0.15) is 0 Å². The molecule has 0 aromatic carbocycles. The van der Waals surface area contributed by atoms with E-state index in [9.17, 15) is 10.2 Å². The van der Waals surface area contributed by atoms with Crippen LogP contribution in [0.4, 0.5) is 0 Å². The molecule has 3 saturated heterocycles. The number of hydrogen-bond acceptors (Lipinski definition) is 7. The first-order valence-electron chi connectivity index (χ1n) is 6.87. The van der Waals surface area contributed by atoms with E-state index >= 15 is 0 Å². The number of hydrogen-bond donors (Lipinski definition) is 2. The van der Waals surface area contributed by atoms with Gasteiger partial charge >= 0.3 is 0 Å². The minimum absolute atomic E-state index is 0.270. The van der Waals surface area contributed by atoms with Gasteiger partial charge in [-0.25, -0.2) is 0 Å². The number of rotatable bonds is 2. The average Bonchev–Trinajstić information content (AvgIpc) is 2.92. The van der Waals surface area contributed by atoms with E-state index in [1.165, 1.54) is 0 Å². The van der Waals surface area contributed by atoms with Crippen LogP contribution >= 0.6 is 0 Å². The Balaban J connectivity index is 1.71. The summed E-state index contributed by atoms with van der Waals surface area (Å²) in [6.45, 7) is 7.36. The molecule has 3 aliphatic rings. The highest BCUT2D eigenvalue weighted by molar-refractivity contribution is 4.99. The Labute approximate surface area is 117 Å². The molecule has 0 aromatic heterocycles. The predicted molar refractivity (Wildman–Crippen MR) is 65.6 cm³/mol. The van der Waals surface area contributed by atoms with Crippen LogP contribution in [0.2, 0.25) is 0 Å². The molecule has 7 nitrogen and oxygen atoms in total. The lowest BCUT2D eigenvalue weighted by molar-refractivity contribution is -0.238. The van der Waals surface area contributed by atoms with Crippen LogP contribution in [0.15, 0.2) is 0 Å². The molecule has 2 N–H and O–H groups in total. The Hall–Kier alpha value is -0.280. The zero-order valence-corrected chi connectivity index (χ0v) is 12.1. The second-order valence-electron chi connectivity index (χ2n) is 6.41. The van der Waals surface area contributed by atoms with Gasteiger partial charge in [0.05, 0.1) is 6.61 Å². The van der Waals surface area contributed by atoms with Crippen LogP contribution in [0.3, 0.4) is 0 Å². The van der Waals surface area contributed by atoms with E-state index in [-0.39, 0.29) is 6.61 Å². The summed E-state index contributed by atoms with van der Waals surface area (Å²) in [5.74, 6) is -1.53. The second-order valence-corrected chi connectivity index (χ2v) is 6.41. The Bertz CT molecular complexity index is 383. The Morgan fingerprint density at radius 3 is 2.25 bits per heavy atom. The largest absolute Gasteiger partial charge is 0.387 e. The molecule has 0 unspecified atom stereocenters. The topological polar surface area (TPSA) is 86.6 Å². The molecule has 0 bridgehead atoms. The Morgan fingerprint density at radius 2 is 1.65 bits per heavy atom. The van der Waals surface area contributed by atoms with Crippen LogP contribution in [0.25, 0.3) is 0 Å². The van der Waals surface area contributed by atoms with Crippen molar-refractivity contribution in [3.63, 3.8) is 0 Å². The SMILES string of the molecule is CC1(C)O[C@@H]2[C@@H]([C@@H](O)[C@H]3COC(C)(C)O3)O[C@@H](O)[C@@H]2O1. The summed E-state index contributed by atoms with van der Waals surface area (Å²) in [5, 5.41) is 20.3. The molecule has 0 saturated carbocycles. The van der Waals surface area contributed by atoms with Gasteiger partial charge in [0.15, 0.2) is 17.9 Å². The molecule has 6 atom stereocenters. The smallest absolute Gasteiger partial charge is 0.184 e. The molecule has 20 heavy (non-hydrogen) atoms. The van der Waals surface area contributed by atoms with Crippen molar-refractivity contribution in [1.29, 1.82) is 0 Å². The molecular weight excluding hydrogens is 268 g/mol. The summed E-state index contributed by atoms with van der Waals surface area (Å²) in [5.41, 5.74) is 0. The summed E-state index contributed by atoms with van der Waals surface area (Å²) in [7, 11) is 0. The van der Waals surface area contributed by atoms with Crippen LogP contribution in [-0.2, 0) is 23.7 Å². The highest BCUT2D eigenvalue weighted by atomic mass is 16.8. The molecule has 0 spiro atoms. The van der Waals surface area contributed by atoms with E-state index in [4.69, 9.17) is 23.7 Å². The van der Waals surface area contributed by atoms with Gasteiger partial charge in [-0.3, -0.25) is 0 Å². The zero-order valence-electron chi connectivity index (χ0n) is 12.1. The van der Waals surface area contributed by atoms with Crippen molar-refractivity contribution in [3.8, 4) is 0 Å². The number of ether oxygens (including phenoxy) is 5. The maximum absolute atomic E-state index is 10.4. The van der Waals surface area contributed by atoms with Gasteiger partial charge in [0.2, 0.25) is 0 Å². The Morgan fingerprint density at radius 1 is 1.00 bits per heavy atom. The lowest BCUT2D eigenvalue weighted by Crippen LogP contribution is -2.46. The lowest BCUT2D eigenvalue weighted by Gasteiger charge is -2.28. The van der Waals surface area contributed by atoms with Gasteiger partial charge in [-0.1, -0.05) is 0 Å². The van der Waals surface area contributed by atoms with E-state index in [2.05, 4.69) is 0 Å². The fourth-order valence-electron chi connectivity index (χ4n) is 2.98. The monoisotopic (exact) mass is 290 g/mol. The lowest BCUT2D eigenvalue weighted by atomic mass is 10.0. The zero-order chi connectivity index (χ0) is 14.7. The third kappa shape index (κ3) is 2.48. The summed E-state index contributed by atoms with van der Waals surface area (Å²) in [6.07, 6.45) is -4.43. The van der Waals surface area contributed by atoms with Gasteiger partial charge in [0, 0.05) is 0 Å². The standard InChI is InChI=1S/C13H22O7/c1-12(2)16-5-6(18-12)7(14)8-9-10(11(15)17-8)20-13(3,4)19-9/h6-11,14-15H,5H2,1-4H3/t6-,7+,8-,9-,10-,11-/m1/s1.